The van der Waals surface area contributed by atoms with E-state index in [1.54, 1.807) is 60.7 Å². The summed E-state index contributed by atoms with van der Waals surface area (Å²) < 4.78 is 97.6. The van der Waals surface area contributed by atoms with Crippen LogP contribution in [0.25, 0.3) is 21.5 Å². The molecule has 4 N–H and O–H groups in total. The van der Waals surface area contributed by atoms with Crippen LogP contribution in [0.15, 0.2) is 133 Å². The molecule has 4 nitrogen and oxygen atoms in total. The Morgan fingerprint density at radius 2 is 0.722 bits per heavy atom. The predicted octanol–water partition coefficient (Wildman–Crippen LogP) is 11.5. The molecule has 0 heterocycles. The van der Waals surface area contributed by atoms with Gasteiger partial charge in [-0.2, -0.15) is 26.3 Å². The Kier molecular flexibility index (Phi) is 9.85. The van der Waals surface area contributed by atoms with Gasteiger partial charge in [-0.05, 0) is 116 Å². The highest BCUT2D eigenvalue weighted by Gasteiger charge is 2.36. The van der Waals surface area contributed by atoms with E-state index in [0.29, 0.717) is 33.6 Å². The molecule has 0 aliphatic heterocycles. The molecule has 0 radical (unpaired) electrons. The summed E-state index contributed by atoms with van der Waals surface area (Å²) in [6, 6.07) is 36.5. The van der Waals surface area contributed by atoms with Crippen LogP contribution < -0.4 is 20.9 Å². The van der Waals surface area contributed by atoms with Crippen LogP contribution in [0.5, 0.6) is 11.5 Å². The lowest BCUT2D eigenvalue weighted by Crippen LogP contribution is -2.10. The Morgan fingerprint density at radius 3 is 1.04 bits per heavy atom. The van der Waals surface area contributed by atoms with Crippen LogP contribution in [0.3, 0.4) is 0 Å². The monoisotopic (exact) mass is 736 g/mol. The van der Waals surface area contributed by atoms with E-state index in [2.05, 4.69) is 0 Å². The van der Waals surface area contributed by atoms with Gasteiger partial charge in [0.1, 0.15) is 24.7 Å². The maximum absolute atomic E-state index is 14.4. The van der Waals surface area contributed by atoms with Gasteiger partial charge in [-0.1, -0.05) is 84.9 Å². The van der Waals surface area contributed by atoms with Gasteiger partial charge in [0.15, 0.2) is 0 Å². The first kappa shape index (κ1) is 36.2. The van der Waals surface area contributed by atoms with Crippen molar-refractivity contribution in [2.45, 2.75) is 38.4 Å². The van der Waals surface area contributed by atoms with Gasteiger partial charge in [0, 0.05) is 11.4 Å². The summed E-state index contributed by atoms with van der Waals surface area (Å²) in [5.41, 5.74) is 14.6. The maximum atomic E-state index is 14.4. The number of hydrogen-bond donors (Lipinski definition) is 2. The molecule has 0 atom stereocenters. The van der Waals surface area contributed by atoms with Crippen LogP contribution in [0.1, 0.15) is 44.5 Å². The van der Waals surface area contributed by atoms with Gasteiger partial charge in [0.25, 0.3) is 0 Å². The van der Waals surface area contributed by atoms with Crippen LogP contribution in [-0.4, -0.2) is 0 Å². The topological polar surface area (TPSA) is 70.5 Å². The highest BCUT2D eigenvalue weighted by molar-refractivity contribution is 6.06. The van der Waals surface area contributed by atoms with Crippen molar-refractivity contribution < 1.29 is 35.8 Å². The van der Waals surface area contributed by atoms with Gasteiger partial charge in [0.2, 0.25) is 0 Å². The number of nitrogens with two attached hydrogens (primary N) is 2. The number of anilines is 2. The SMILES string of the molecule is Nc1ccc(COc2ccc(Cc3c4ccccc4c(Cc4ccc(OCc5ccc(N)cc5)c(C(F)(F)F)c4)c4ccccc34)cc2C(F)(F)F)cc1. The third kappa shape index (κ3) is 7.93. The molecule has 0 fully saturated rings. The van der Waals surface area contributed by atoms with Gasteiger partial charge in [-0.15, -0.1) is 0 Å². The number of fused-ring (bicyclic) bond motifs is 2. The van der Waals surface area contributed by atoms with Gasteiger partial charge >= 0.3 is 12.4 Å². The van der Waals surface area contributed by atoms with Crippen molar-refractivity contribution in [3.05, 3.63) is 178 Å². The molecule has 0 aliphatic rings. The van der Waals surface area contributed by atoms with Crippen molar-refractivity contribution in [1.82, 2.24) is 0 Å². The molecule has 0 aliphatic carbocycles. The minimum absolute atomic E-state index is 0.0662. The number of hydrogen-bond acceptors (Lipinski definition) is 4. The van der Waals surface area contributed by atoms with Crippen molar-refractivity contribution in [3.63, 3.8) is 0 Å². The smallest absolute Gasteiger partial charge is 0.419 e. The Hall–Kier alpha value is -6.16. The lowest BCUT2D eigenvalue weighted by atomic mass is 9.86. The number of alkyl halides is 6. The normalized spacial score (nSPS) is 12.0. The summed E-state index contributed by atoms with van der Waals surface area (Å²) in [5, 5.41) is 3.18. The Morgan fingerprint density at radius 1 is 0.407 bits per heavy atom. The van der Waals surface area contributed by atoms with Crippen LogP contribution >= 0.6 is 0 Å². The van der Waals surface area contributed by atoms with Crippen molar-refractivity contribution >= 4 is 32.9 Å². The van der Waals surface area contributed by atoms with Crippen LogP contribution in [0.2, 0.25) is 0 Å². The second-order valence-corrected chi connectivity index (χ2v) is 13.1. The van der Waals surface area contributed by atoms with Gasteiger partial charge in [-0.25, -0.2) is 0 Å². The quantitative estimate of drug-likeness (QED) is 0.0833. The molecule has 0 unspecified atom stereocenters. The molecule has 10 heteroatoms. The number of ether oxygens (including phenoxy) is 2. The third-order valence-corrected chi connectivity index (χ3v) is 9.36. The van der Waals surface area contributed by atoms with Gasteiger partial charge in [0.05, 0.1) is 11.1 Å². The minimum Gasteiger partial charge on any atom is -0.488 e. The lowest BCUT2D eigenvalue weighted by molar-refractivity contribution is -0.140. The second kappa shape index (κ2) is 14.7. The molecule has 0 aromatic heterocycles. The summed E-state index contributed by atoms with van der Waals surface area (Å²) in [6.07, 6.45) is -9.01. The molecule has 0 spiro atoms. The minimum atomic E-state index is -4.67. The molecule has 7 aromatic carbocycles. The Balaban J connectivity index is 1.23. The number of halogens is 6. The molecule has 54 heavy (non-hydrogen) atoms. The summed E-state index contributed by atoms with van der Waals surface area (Å²) >= 11 is 0. The summed E-state index contributed by atoms with van der Waals surface area (Å²) in [6.45, 7) is -0.132. The zero-order chi connectivity index (χ0) is 38.0. The molecular weight excluding hydrogens is 702 g/mol. The van der Waals surface area contributed by atoms with Crippen molar-refractivity contribution in [2.75, 3.05) is 11.5 Å². The van der Waals surface area contributed by atoms with E-state index < -0.39 is 23.5 Å². The fourth-order valence-electron chi connectivity index (χ4n) is 6.72. The summed E-state index contributed by atoms with van der Waals surface area (Å²) in [5.74, 6) is -0.568. The van der Waals surface area contributed by atoms with E-state index in [-0.39, 0.29) is 37.6 Å². The standard InChI is InChI=1S/C44H34F6N2O2/c45-43(46,47)39-23-29(13-19-41(39)53-25-27-9-15-31(51)16-10-27)21-37-33-5-1-2-6-34(33)38(36-8-4-3-7-35(36)37)22-30-14-20-42(40(24-30)44(48,49)50)54-26-28-11-17-32(52)18-12-28/h1-20,23-24H,21-22,25-26,51-52H2. The largest absolute Gasteiger partial charge is 0.488 e. The van der Waals surface area contributed by atoms with E-state index >= 15 is 0 Å². The van der Waals surface area contributed by atoms with Crippen molar-refractivity contribution in [3.8, 4) is 11.5 Å². The van der Waals surface area contributed by atoms with Gasteiger partial charge < -0.3 is 20.9 Å². The molecule has 0 saturated heterocycles. The van der Waals surface area contributed by atoms with E-state index in [4.69, 9.17) is 20.9 Å². The summed E-state index contributed by atoms with van der Waals surface area (Å²) in [7, 11) is 0. The average molecular weight is 737 g/mol. The average Bonchev–Trinajstić information content (AvgIpc) is 3.15. The first-order valence-corrected chi connectivity index (χ1v) is 17.1. The van der Waals surface area contributed by atoms with Gasteiger partial charge in [-0.3, -0.25) is 0 Å². The van der Waals surface area contributed by atoms with Crippen molar-refractivity contribution in [1.29, 1.82) is 0 Å². The fraction of sp³-hybridized carbons (Fsp3) is 0.136. The lowest BCUT2D eigenvalue weighted by Gasteiger charge is -2.20. The molecule has 7 aromatic rings. The number of nitrogen functional groups attached to an aromatic ring is 2. The molecule has 0 saturated carbocycles. The molecule has 274 valence electrons. The number of rotatable bonds is 10. The maximum Gasteiger partial charge on any atom is 0.419 e. The van der Waals surface area contributed by atoms with E-state index in [0.717, 1.165) is 44.8 Å². The Bertz CT molecular complexity index is 2210. The fourth-order valence-corrected chi connectivity index (χ4v) is 6.72. The molecular formula is C44H34F6N2O2. The van der Waals surface area contributed by atoms with Crippen LogP contribution in [-0.2, 0) is 38.4 Å². The third-order valence-electron chi connectivity index (χ3n) is 9.36. The Labute approximate surface area is 307 Å². The highest BCUT2D eigenvalue weighted by Crippen LogP contribution is 2.41. The zero-order valence-corrected chi connectivity index (χ0v) is 28.8. The van der Waals surface area contributed by atoms with Crippen LogP contribution in [0, 0.1) is 0 Å². The first-order chi connectivity index (χ1) is 25.8. The second-order valence-electron chi connectivity index (χ2n) is 13.1. The zero-order valence-electron chi connectivity index (χ0n) is 28.8. The van der Waals surface area contributed by atoms with E-state index in [1.165, 1.54) is 12.1 Å². The summed E-state index contributed by atoms with van der Waals surface area (Å²) in [4.78, 5) is 0. The van der Waals surface area contributed by atoms with Crippen LogP contribution in [0.4, 0.5) is 37.7 Å². The van der Waals surface area contributed by atoms with E-state index in [1.807, 2.05) is 48.5 Å². The predicted molar refractivity (Wildman–Crippen MR) is 200 cm³/mol. The first-order valence-electron chi connectivity index (χ1n) is 17.1. The van der Waals surface area contributed by atoms with E-state index in [9.17, 15) is 26.3 Å². The molecule has 0 amide bonds. The molecule has 0 bridgehead atoms. The molecule has 7 rings (SSSR count). The highest BCUT2D eigenvalue weighted by atomic mass is 19.4. The number of benzene rings is 7. The van der Waals surface area contributed by atoms with Crippen molar-refractivity contribution in [2.24, 2.45) is 0 Å².